The van der Waals surface area contributed by atoms with Gasteiger partial charge in [0.2, 0.25) is 0 Å². The number of hydrogen-bond acceptors (Lipinski definition) is 3. The van der Waals surface area contributed by atoms with Crippen molar-refractivity contribution in [2.45, 2.75) is 19.1 Å². The summed E-state index contributed by atoms with van der Waals surface area (Å²) in [6, 6.07) is 3.35. The summed E-state index contributed by atoms with van der Waals surface area (Å²) in [6.07, 6.45) is -2.52. The van der Waals surface area contributed by atoms with Crippen LogP contribution in [0.5, 0.6) is 0 Å². The number of aromatic nitrogens is 3. The minimum atomic E-state index is -4.45. The lowest BCUT2D eigenvalue weighted by Crippen LogP contribution is -2.28. The molecular formula is C12H12ClF3N4. The molecule has 0 saturated carbocycles. The van der Waals surface area contributed by atoms with Crippen molar-refractivity contribution in [2.24, 2.45) is 0 Å². The van der Waals surface area contributed by atoms with Crippen molar-refractivity contribution in [3.8, 4) is 11.5 Å². The van der Waals surface area contributed by atoms with Crippen LogP contribution in [0.4, 0.5) is 13.2 Å². The van der Waals surface area contributed by atoms with Gasteiger partial charge >= 0.3 is 6.18 Å². The number of fused-ring (bicyclic) bond motifs is 1. The molecule has 0 radical (unpaired) electrons. The summed E-state index contributed by atoms with van der Waals surface area (Å²) in [5.41, 5.74) is 0.308. The number of nitrogens with one attached hydrogen (secondary N) is 2. The molecular weight excluding hydrogens is 293 g/mol. The quantitative estimate of drug-likeness (QED) is 0.851. The van der Waals surface area contributed by atoms with E-state index in [1.807, 2.05) is 0 Å². The van der Waals surface area contributed by atoms with Gasteiger partial charge in [-0.05, 0) is 25.1 Å². The minimum absolute atomic E-state index is 0. The van der Waals surface area contributed by atoms with E-state index in [4.69, 9.17) is 0 Å². The summed E-state index contributed by atoms with van der Waals surface area (Å²) < 4.78 is 39.2. The summed E-state index contributed by atoms with van der Waals surface area (Å²) in [5.74, 6) is 0.0831. The van der Waals surface area contributed by atoms with Gasteiger partial charge in [0, 0.05) is 18.3 Å². The molecule has 4 nitrogen and oxygen atoms in total. The third kappa shape index (κ3) is 2.64. The minimum Gasteiger partial charge on any atom is -0.359 e. The zero-order chi connectivity index (χ0) is 13.5. The van der Waals surface area contributed by atoms with E-state index < -0.39 is 11.9 Å². The lowest BCUT2D eigenvalue weighted by atomic mass is 10.0. The largest absolute Gasteiger partial charge is 0.433 e. The first-order chi connectivity index (χ1) is 9.05. The molecule has 2 N–H and O–H groups in total. The van der Waals surface area contributed by atoms with Crippen molar-refractivity contribution in [1.29, 1.82) is 0 Å². The molecule has 0 aromatic carbocycles. The van der Waals surface area contributed by atoms with Crippen LogP contribution >= 0.6 is 12.4 Å². The molecule has 2 aromatic heterocycles. The topological polar surface area (TPSA) is 53.6 Å². The van der Waals surface area contributed by atoms with Gasteiger partial charge < -0.3 is 10.3 Å². The van der Waals surface area contributed by atoms with Crippen molar-refractivity contribution < 1.29 is 13.2 Å². The lowest BCUT2D eigenvalue weighted by Gasteiger charge is -2.20. The molecule has 0 saturated heterocycles. The van der Waals surface area contributed by atoms with E-state index in [9.17, 15) is 13.2 Å². The number of H-pyrrole nitrogens is 1. The number of halogens is 4. The second-order valence-electron chi connectivity index (χ2n) is 4.33. The molecule has 0 fully saturated rings. The SMILES string of the molecule is Cl.FC(F)(F)c1nc(-c2ccc[nH]2)nc2c1CCNC2. The van der Waals surface area contributed by atoms with E-state index in [1.54, 1.807) is 18.3 Å². The Balaban J connectivity index is 0.00000147. The molecule has 0 amide bonds. The zero-order valence-electron chi connectivity index (χ0n) is 10.3. The molecule has 0 unspecified atom stereocenters. The second-order valence-corrected chi connectivity index (χ2v) is 4.33. The van der Waals surface area contributed by atoms with Gasteiger partial charge in [-0.25, -0.2) is 9.97 Å². The van der Waals surface area contributed by atoms with E-state index >= 15 is 0 Å². The van der Waals surface area contributed by atoms with Gasteiger partial charge in [-0.3, -0.25) is 0 Å². The average molecular weight is 305 g/mol. The van der Waals surface area contributed by atoms with Crippen molar-refractivity contribution in [2.75, 3.05) is 6.54 Å². The zero-order valence-corrected chi connectivity index (χ0v) is 11.1. The van der Waals surface area contributed by atoms with Crippen LogP contribution < -0.4 is 5.32 Å². The maximum Gasteiger partial charge on any atom is 0.433 e. The summed E-state index contributed by atoms with van der Waals surface area (Å²) in [5, 5.41) is 3.02. The molecule has 1 aliphatic rings. The van der Waals surface area contributed by atoms with Crippen LogP contribution in [0.2, 0.25) is 0 Å². The highest BCUT2D eigenvalue weighted by molar-refractivity contribution is 5.85. The normalized spacial score (nSPS) is 14.6. The first-order valence-corrected chi connectivity index (χ1v) is 5.87. The summed E-state index contributed by atoms with van der Waals surface area (Å²) in [6.45, 7) is 0.857. The van der Waals surface area contributed by atoms with Gasteiger partial charge in [0.05, 0.1) is 11.4 Å². The van der Waals surface area contributed by atoms with Gasteiger partial charge in [-0.2, -0.15) is 13.2 Å². The van der Waals surface area contributed by atoms with Gasteiger partial charge in [0.1, 0.15) is 0 Å². The van der Waals surface area contributed by atoms with Crippen LogP contribution in [0.1, 0.15) is 17.0 Å². The van der Waals surface area contributed by atoms with Crippen molar-refractivity contribution in [3.05, 3.63) is 35.3 Å². The highest BCUT2D eigenvalue weighted by Crippen LogP contribution is 2.33. The first-order valence-electron chi connectivity index (χ1n) is 5.87. The van der Waals surface area contributed by atoms with Gasteiger partial charge in [0.15, 0.2) is 11.5 Å². The number of aromatic amines is 1. The number of rotatable bonds is 1. The molecule has 0 aliphatic carbocycles. The Hall–Kier alpha value is -1.60. The Morgan fingerprint density at radius 1 is 1.20 bits per heavy atom. The molecule has 1 aliphatic heterocycles. The Labute approximate surface area is 119 Å². The molecule has 2 aromatic rings. The smallest absolute Gasteiger partial charge is 0.359 e. The third-order valence-electron chi connectivity index (χ3n) is 3.04. The van der Waals surface area contributed by atoms with E-state index in [0.29, 0.717) is 30.9 Å². The molecule has 3 rings (SSSR count). The van der Waals surface area contributed by atoms with E-state index in [1.165, 1.54) is 0 Å². The standard InChI is InChI=1S/C12H11F3N4.ClH/c13-12(14,15)10-7-3-5-16-6-9(7)18-11(19-10)8-2-1-4-17-8;/h1-2,4,16-17H,3,5-6H2;1H. The monoisotopic (exact) mass is 304 g/mol. The second kappa shape index (κ2) is 5.41. The van der Waals surface area contributed by atoms with Crippen molar-refractivity contribution in [1.82, 2.24) is 20.3 Å². The van der Waals surface area contributed by atoms with Crippen LogP contribution in [0, 0.1) is 0 Å². The number of nitrogens with zero attached hydrogens (tertiary/aromatic N) is 2. The highest BCUT2D eigenvalue weighted by Gasteiger charge is 2.38. The Morgan fingerprint density at radius 3 is 2.65 bits per heavy atom. The van der Waals surface area contributed by atoms with Gasteiger partial charge in [0.25, 0.3) is 0 Å². The fraction of sp³-hybridized carbons (Fsp3) is 0.333. The summed E-state index contributed by atoms with van der Waals surface area (Å²) in [4.78, 5) is 10.8. The van der Waals surface area contributed by atoms with Crippen LogP contribution in [0.3, 0.4) is 0 Å². The predicted octanol–water partition coefficient (Wildman–Crippen LogP) is 2.56. The Bertz CT molecular complexity index is 595. The van der Waals surface area contributed by atoms with Gasteiger partial charge in [-0.15, -0.1) is 12.4 Å². The number of alkyl halides is 3. The maximum atomic E-state index is 13.1. The van der Waals surface area contributed by atoms with Crippen molar-refractivity contribution >= 4 is 12.4 Å². The maximum absolute atomic E-state index is 13.1. The van der Waals surface area contributed by atoms with Crippen LogP contribution in [-0.4, -0.2) is 21.5 Å². The highest BCUT2D eigenvalue weighted by atomic mass is 35.5. The summed E-state index contributed by atoms with van der Waals surface area (Å²) >= 11 is 0. The van der Waals surface area contributed by atoms with E-state index in [-0.39, 0.29) is 23.8 Å². The Kier molecular flexibility index (Phi) is 4.01. The fourth-order valence-corrected chi connectivity index (χ4v) is 2.18. The van der Waals surface area contributed by atoms with Crippen LogP contribution in [-0.2, 0) is 19.1 Å². The molecule has 0 atom stereocenters. The molecule has 0 spiro atoms. The van der Waals surface area contributed by atoms with Gasteiger partial charge in [-0.1, -0.05) is 0 Å². The molecule has 108 valence electrons. The van der Waals surface area contributed by atoms with E-state index in [2.05, 4.69) is 20.3 Å². The lowest BCUT2D eigenvalue weighted by molar-refractivity contribution is -0.142. The molecule has 3 heterocycles. The van der Waals surface area contributed by atoms with Crippen LogP contribution in [0.25, 0.3) is 11.5 Å². The van der Waals surface area contributed by atoms with E-state index in [0.717, 1.165) is 0 Å². The number of hydrogen-bond donors (Lipinski definition) is 2. The first kappa shape index (κ1) is 14.8. The third-order valence-corrected chi connectivity index (χ3v) is 3.04. The van der Waals surface area contributed by atoms with Crippen LogP contribution in [0.15, 0.2) is 18.3 Å². The summed E-state index contributed by atoms with van der Waals surface area (Å²) in [7, 11) is 0. The fourth-order valence-electron chi connectivity index (χ4n) is 2.18. The van der Waals surface area contributed by atoms with Crippen molar-refractivity contribution in [3.63, 3.8) is 0 Å². The molecule has 20 heavy (non-hydrogen) atoms. The average Bonchev–Trinajstić information content (AvgIpc) is 2.90. The molecule has 8 heteroatoms. The Morgan fingerprint density at radius 2 is 2.00 bits per heavy atom. The molecule has 0 bridgehead atoms. The predicted molar refractivity (Wildman–Crippen MR) is 69.5 cm³/mol.